The van der Waals surface area contributed by atoms with Crippen molar-refractivity contribution >= 4 is 22.5 Å². The molecule has 0 bridgehead atoms. The smallest absolute Gasteiger partial charge is 0.227 e. The number of nitrogens with two attached hydrogens (primary N) is 1. The lowest BCUT2D eigenvalue weighted by atomic mass is 9.85. The molecule has 6 nitrogen and oxygen atoms in total. The number of benzene rings is 1. The molecule has 2 aliphatic rings. The van der Waals surface area contributed by atoms with Crippen molar-refractivity contribution in [2.24, 2.45) is 11.7 Å². The van der Waals surface area contributed by atoms with Crippen LogP contribution >= 0.6 is 0 Å². The maximum atomic E-state index is 12.5. The Labute approximate surface area is 160 Å². The van der Waals surface area contributed by atoms with Crippen molar-refractivity contribution in [3.05, 3.63) is 30.5 Å². The molecule has 0 spiro atoms. The lowest BCUT2D eigenvalue weighted by molar-refractivity contribution is -0.120. The number of carbonyl (C=O) groups is 1. The first kappa shape index (κ1) is 18.5. The quantitative estimate of drug-likeness (QED) is 0.848. The van der Waals surface area contributed by atoms with Gasteiger partial charge in [0.1, 0.15) is 0 Å². The van der Waals surface area contributed by atoms with Crippen LogP contribution in [-0.2, 0) is 16.1 Å². The minimum absolute atomic E-state index is 0.0440. The molecule has 3 N–H and O–H groups in total. The van der Waals surface area contributed by atoms with Crippen molar-refractivity contribution in [3.63, 3.8) is 0 Å². The summed E-state index contributed by atoms with van der Waals surface area (Å²) in [5.74, 6) is 0.152. The van der Waals surface area contributed by atoms with Crippen molar-refractivity contribution in [2.45, 2.75) is 38.3 Å². The molecule has 1 saturated heterocycles. The highest BCUT2D eigenvalue weighted by atomic mass is 16.5. The van der Waals surface area contributed by atoms with Gasteiger partial charge in [0.25, 0.3) is 0 Å². The molecular weight excluding hydrogens is 340 g/mol. The molecule has 1 aromatic heterocycles. The van der Waals surface area contributed by atoms with E-state index < -0.39 is 0 Å². The van der Waals surface area contributed by atoms with Crippen LogP contribution in [0.2, 0.25) is 0 Å². The molecule has 2 unspecified atom stereocenters. The first-order valence-electron chi connectivity index (χ1n) is 10.1. The van der Waals surface area contributed by atoms with Gasteiger partial charge in [-0.1, -0.05) is 6.42 Å². The van der Waals surface area contributed by atoms with Gasteiger partial charge < -0.3 is 20.4 Å². The fourth-order valence-corrected chi connectivity index (χ4v) is 4.26. The van der Waals surface area contributed by atoms with Crippen molar-refractivity contribution in [2.75, 3.05) is 38.2 Å². The normalized spacial score (nSPS) is 24.2. The number of hydrogen-bond donors (Lipinski definition) is 2. The number of anilines is 1. The van der Waals surface area contributed by atoms with Gasteiger partial charge in [-0.25, -0.2) is 0 Å². The van der Waals surface area contributed by atoms with E-state index in [0.29, 0.717) is 0 Å². The van der Waals surface area contributed by atoms with Crippen LogP contribution in [0.15, 0.2) is 30.5 Å². The SMILES string of the molecule is NC1CCCC(C(=O)Nc2ccc3c(ccn3CCN3CCOCC3)c2)C1. The van der Waals surface area contributed by atoms with Gasteiger partial charge in [0.05, 0.1) is 13.2 Å². The fraction of sp³-hybridized carbons (Fsp3) is 0.571. The van der Waals surface area contributed by atoms with E-state index in [-0.39, 0.29) is 17.9 Å². The minimum atomic E-state index is 0.0440. The molecule has 2 aromatic rings. The van der Waals surface area contributed by atoms with Crippen LogP contribution < -0.4 is 11.1 Å². The third kappa shape index (κ3) is 4.51. The second kappa shape index (κ2) is 8.42. The number of rotatable bonds is 5. The molecule has 0 radical (unpaired) electrons. The monoisotopic (exact) mass is 370 g/mol. The summed E-state index contributed by atoms with van der Waals surface area (Å²) in [5.41, 5.74) is 8.10. The average molecular weight is 370 g/mol. The molecule has 1 aliphatic heterocycles. The van der Waals surface area contributed by atoms with Crippen molar-refractivity contribution in [1.29, 1.82) is 0 Å². The molecule has 2 fully saturated rings. The Morgan fingerprint density at radius 2 is 2.04 bits per heavy atom. The van der Waals surface area contributed by atoms with E-state index in [1.165, 1.54) is 5.52 Å². The number of morpholine rings is 1. The molecule has 2 atom stereocenters. The van der Waals surface area contributed by atoms with Gasteiger partial charge in [-0.2, -0.15) is 0 Å². The molecule has 4 rings (SSSR count). The number of ether oxygens (including phenoxy) is 1. The minimum Gasteiger partial charge on any atom is -0.379 e. The largest absolute Gasteiger partial charge is 0.379 e. The van der Waals surface area contributed by atoms with Gasteiger partial charge in [-0.15, -0.1) is 0 Å². The Balaban J connectivity index is 1.38. The van der Waals surface area contributed by atoms with E-state index in [0.717, 1.165) is 76.1 Å². The molecule has 6 heteroatoms. The summed E-state index contributed by atoms with van der Waals surface area (Å²) in [6, 6.07) is 8.48. The zero-order chi connectivity index (χ0) is 18.6. The number of carbonyl (C=O) groups excluding carboxylic acids is 1. The van der Waals surface area contributed by atoms with Crippen LogP contribution in [-0.4, -0.2) is 54.3 Å². The van der Waals surface area contributed by atoms with E-state index in [9.17, 15) is 4.79 Å². The fourth-order valence-electron chi connectivity index (χ4n) is 4.26. The highest BCUT2D eigenvalue weighted by Gasteiger charge is 2.25. The summed E-state index contributed by atoms with van der Waals surface area (Å²) < 4.78 is 7.70. The lowest BCUT2D eigenvalue weighted by Crippen LogP contribution is -2.38. The summed E-state index contributed by atoms with van der Waals surface area (Å²) >= 11 is 0. The molecule has 146 valence electrons. The van der Waals surface area contributed by atoms with Crippen molar-refractivity contribution in [3.8, 4) is 0 Å². The van der Waals surface area contributed by atoms with Gasteiger partial charge in [-0.05, 0) is 43.5 Å². The van der Waals surface area contributed by atoms with Crippen molar-refractivity contribution < 1.29 is 9.53 Å². The maximum absolute atomic E-state index is 12.5. The van der Waals surface area contributed by atoms with E-state index in [1.54, 1.807) is 0 Å². The average Bonchev–Trinajstić information content (AvgIpc) is 3.09. The molecule has 1 aliphatic carbocycles. The van der Waals surface area contributed by atoms with Gasteiger partial charge >= 0.3 is 0 Å². The second-order valence-electron chi connectivity index (χ2n) is 7.85. The van der Waals surface area contributed by atoms with Crippen LogP contribution in [0.5, 0.6) is 0 Å². The van der Waals surface area contributed by atoms with E-state index in [2.05, 4.69) is 39.2 Å². The molecule has 1 aromatic carbocycles. The Morgan fingerprint density at radius 1 is 1.19 bits per heavy atom. The third-order valence-electron chi connectivity index (χ3n) is 5.88. The van der Waals surface area contributed by atoms with Gasteiger partial charge in [0.15, 0.2) is 0 Å². The van der Waals surface area contributed by atoms with Gasteiger partial charge in [0.2, 0.25) is 5.91 Å². The van der Waals surface area contributed by atoms with Crippen molar-refractivity contribution in [1.82, 2.24) is 9.47 Å². The highest BCUT2D eigenvalue weighted by Crippen LogP contribution is 2.26. The Hall–Kier alpha value is -1.89. The maximum Gasteiger partial charge on any atom is 0.227 e. The summed E-state index contributed by atoms with van der Waals surface area (Å²) in [5, 5.41) is 4.25. The Kier molecular flexibility index (Phi) is 5.76. The topological polar surface area (TPSA) is 72.5 Å². The summed E-state index contributed by atoms with van der Waals surface area (Å²) in [4.78, 5) is 15.0. The lowest BCUT2D eigenvalue weighted by Gasteiger charge is -2.26. The number of aromatic nitrogens is 1. The third-order valence-corrected chi connectivity index (χ3v) is 5.88. The molecule has 1 saturated carbocycles. The van der Waals surface area contributed by atoms with E-state index in [1.807, 2.05) is 6.07 Å². The summed E-state index contributed by atoms with van der Waals surface area (Å²) in [6.45, 7) is 5.70. The number of nitrogens with one attached hydrogen (secondary N) is 1. The highest BCUT2D eigenvalue weighted by molar-refractivity contribution is 5.95. The van der Waals surface area contributed by atoms with Crippen LogP contribution in [0.4, 0.5) is 5.69 Å². The van der Waals surface area contributed by atoms with Crippen LogP contribution in [0.25, 0.3) is 10.9 Å². The predicted octanol–water partition coefficient (Wildman–Crippen LogP) is 2.43. The first-order valence-corrected chi connectivity index (χ1v) is 10.1. The number of nitrogens with zero attached hydrogens (tertiary/aromatic N) is 2. The van der Waals surface area contributed by atoms with Gasteiger partial charge in [-0.3, -0.25) is 9.69 Å². The number of amides is 1. The van der Waals surface area contributed by atoms with Crippen LogP contribution in [0.3, 0.4) is 0 Å². The van der Waals surface area contributed by atoms with Crippen LogP contribution in [0.1, 0.15) is 25.7 Å². The van der Waals surface area contributed by atoms with Gasteiger partial charge in [0, 0.05) is 60.9 Å². The number of fused-ring (bicyclic) bond motifs is 1. The standard InChI is InChI=1S/C21H30N4O2/c22-18-3-1-2-17(14-18)21(26)23-19-4-5-20-16(15-19)6-7-25(20)9-8-24-10-12-27-13-11-24/h4-7,15,17-18H,1-3,8-14,22H2,(H,23,26). The first-order chi connectivity index (χ1) is 13.2. The van der Waals surface area contributed by atoms with E-state index >= 15 is 0 Å². The second-order valence-corrected chi connectivity index (χ2v) is 7.85. The van der Waals surface area contributed by atoms with E-state index in [4.69, 9.17) is 10.5 Å². The molecular formula is C21H30N4O2. The molecule has 2 heterocycles. The molecule has 27 heavy (non-hydrogen) atoms. The zero-order valence-corrected chi connectivity index (χ0v) is 15.9. The zero-order valence-electron chi connectivity index (χ0n) is 15.9. The summed E-state index contributed by atoms with van der Waals surface area (Å²) in [6.07, 6.45) is 5.96. The Bertz CT molecular complexity index is 782. The predicted molar refractivity (Wildman–Crippen MR) is 108 cm³/mol. The van der Waals surface area contributed by atoms with Crippen LogP contribution in [0, 0.1) is 5.92 Å². The summed E-state index contributed by atoms with van der Waals surface area (Å²) in [7, 11) is 0. The number of hydrogen-bond acceptors (Lipinski definition) is 4. The molecule has 1 amide bonds. The Morgan fingerprint density at radius 3 is 2.85 bits per heavy atom.